The minimum Gasteiger partial charge on any atom is -0.497 e. The molecule has 8 nitrogen and oxygen atoms in total. The van der Waals surface area contributed by atoms with Gasteiger partial charge in [-0.05, 0) is 42.3 Å². The smallest absolute Gasteiger partial charge is 0.335 e. The van der Waals surface area contributed by atoms with Gasteiger partial charge in [0.05, 0.1) is 26.3 Å². The van der Waals surface area contributed by atoms with Gasteiger partial charge in [-0.15, -0.1) is 0 Å². The van der Waals surface area contributed by atoms with Crippen LogP contribution in [0.2, 0.25) is 0 Å². The molecule has 0 atom stereocenters. The Bertz CT molecular complexity index is 866. The molecule has 2 rings (SSSR count). The molecule has 28 heavy (non-hydrogen) atoms. The number of methoxy groups -OCH3 is 2. The van der Waals surface area contributed by atoms with Crippen LogP contribution in [0.4, 0.5) is 0 Å². The molecule has 0 aliphatic heterocycles. The van der Waals surface area contributed by atoms with E-state index >= 15 is 0 Å². The summed E-state index contributed by atoms with van der Waals surface area (Å²) in [5, 5.41) is 14.2. The fourth-order valence-electron chi connectivity index (χ4n) is 2.51. The third-order valence-corrected chi connectivity index (χ3v) is 3.99. The quantitative estimate of drug-likeness (QED) is 0.602. The van der Waals surface area contributed by atoms with Crippen LogP contribution in [0.1, 0.15) is 26.3 Å². The van der Waals surface area contributed by atoms with Crippen LogP contribution in [0.25, 0.3) is 0 Å². The van der Waals surface area contributed by atoms with Gasteiger partial charge in [-0.25, -0.2) is 4.79 Å². The maximum atomic E-state index is 12.1. The molecule has 3 N–H and O–H groups in total. The second-order valence-corrected chi connectivity index (χ2v) is 5.85. The predicted octanol–water partition coefficient (Wildman–Crippen LogP) is 1.49. The van der Waals surface area contributed by atoms with Crippen molar-refractivity contribution in [2.24, 2.45) is 0 Å². The van der Waals surface area contributed by atoms with E-state index in [9.17, 15) is 14.4 Å². The van der Waals surface area contributed by atoms with Crippen LogP contribution in [0.3, 0.4) is 0 Å². The Morgan fingerprint density at radius 1 is 0.964 bits per heavy atom. The van der Waals surface area contributed by atoms with Crippen molar-refractivity contribution in [3.05, 3.63) is 59.2 Å². The lowest BCUT2D eigenvalue weighted by atomic mass is 10.1. The van der Waals surface area contributed by atoms with E-state index in [1.165, 1.54) is 26.4 Å². The van der Waals surface area contributed by atoms with Crippen molar-refractivity contribution in [3.63, 3.8) is 0 Å². The second-order valence-electron chi connectivity index (χ2n) is 5.85. The van der Waals surface area contributed by atoms with E-state index in [0.717, 1.165) is 5.56 Å². The molecule has 0 aliphatic carbocycles. The van der Waals surface area contributed by atoms with Gasteiger partial charge in [0.2, 0.25) is 5.91 Å². The highest BCUT2D eigenvalue weighted by Gasteiger charge is 2.11. The van der Waals surface area contributed by atoms with Gasteiger partial charge in [-0.2, -0.15) is 0 Å². The summed E-state index contributed by atoms with van der Waals surface area (Å²) in [6, 6.07) is 11.2. The third-order valence-electron chi connectivity index (χ3n) is 3.99. The number of amides is 2. The maximum absolute atomic E-state index is 12.1. The fourth-order valence-corrected chi connectivity index (χ4v) is 2.51. The normalized spacial score (nSPS) is 10.1. The van der Waals surface area contributed by atoms with E-state index in [2.05, 4.69) is 10.6 Å². The average Bonchev–Trinajstić information content (AvgIpc) is 2.71. The fraction of sp³-hybridized carbons (Fsp3) is 0.250. The highest BCUT2D eigenvalue weighted by Crippen LogP contribution is 2.20. The summed E-state index contributed by atoms with van der Waals surface area (Å²) in [4.78, 5) is 35.0. The average molecular weight is 386 g/mol. The van der Waals surface area contributed by atoms with Crippen LogP contribution in [0.5, 0.6) is 11.5 Å². The monoisotopic (exact) mass is 386 g/mol. The first-order valence-corrected chi connectivity index (χ1v) is 8.53. The molecule has 2 aromatic carbocycles. The number of rotatable bonds is 9. The summed E-state index contributed by atoms with van der Waals surface area (Å²) < 4.78 is 10.3. The maximum Gasteiger partial charge on any atom is 0.335 e. The van der Waals surface area contributed by atoms with Gasteiger partial charge in [-0.3, -0.25) is 9.59 Å². The summed E-state index contributed by atoms with van der Waals surface area (Å²) in [6.07, 6.45) is 0.457. The van der Waals surface area contributed by atoms with Crippen LogP contribution in [0, 0.1) is 0 Å². The van der Waals surface area contributed by atoms with Crippen molar-refractivity contribution >= 4 is 17.8 Å². The Morgan fingerprint density at radius 3 is 2.43 bits per heavy atom. The number of carboxylic acids is 1. The minimum absolute atomic E-state index is 0.130. The first-order valence-electron chi connectivity index (χ1n) is 8.53. The molecule has 0 bridgehead atoms. The van der Waals surface area contributed by atoms with Crippen LogP contribution in [-0.4, -0.2) is 50.2 Å². The number of nitrogens with one attached hydrogen (secondary N) is 2. The molecule has 0 unspecified atom stereocenters. The van der Waals surface area contributed by atoms with E-state index in [4.69, 9.17) is 14.6 Å². The van der Waals surface area contributed by atoms with Crippen molar-refractivity contribution in [1.82, 2.24) is 10.6 Å². The molecule has 0 fully saturated rings. The lowest BCUT2D eigenvalue weighted by molar-refractivity contribution is -0.120. The molecule has 0 heterocycles. The Labute approximate surface area is 162 Å². The number of hydrogen-bond donors (Lipinski definition) is 3. The van der Waals surface area contributed by atoms with Gasteiger partial charge in [0.15, 0.2) is 0 Å². The number of carbonyl (C=O) groups excluding carboxylic acids is 2. The largest absolute Gasteiger partial charge is 0.497 e. The topological polar surface area (TPSA) is 114 Å². The molecular formula is C20H22N2O6. The van der Waals surface area contributed by atoms with Crippen LogP contribution in [0.15, 0.2) is 42.5 Å². The van der Waals surface area contributed by atoms with E-state index in [1.54, 1.807) is 30.3 Å². The standard InChI is InChI=1S/C20H22N2O6/c1-27-16-5-3-4-14(10-16)19(24)22-12-18(23)21-9-8-13-6-7-15(20(25)26)11-17(13)28-2/h3-7,10-11H,8-9,12H2,1-2H3,(H,21,23)(H,22,24)(H,25,26). The molecular weight excluding hydrogens is 364 g/mol. The summed E-state index contributed by atoms with van der Waals surface area (Å²) in [5.74, 6) is -0.747. The van der Waals surface area contributed by atoms with Crippen molar-refractivity contribution in [2.45, 2.75) is 6.42 Å². The summed E-state index contributed by atoms with van der Waals surface area (Å²) >= 11 is 0. The zero-order valence-corrected chi connectivity index (χ0v) is 15.7. The van der Waals surface area contributed by atoms with Crippen molar-refractivity contribution in [1.29, 1.82) is 0 Å². The van der Waals surface area contributed by atoms with Crippen molar-refractivity contribution in [3.8, 4) is 11.5 Å². The highest BCUT2D eigenvalue weighted by molar-refractivity contribution is 5.96. The SMILES string of the molecule is COc1cccc(C(=O)NCC(=O)NCCc2ccc(C(=O)O)cc2OC)c1. The van der Waals surface area contributed by atoms with Gasteiger partial charge in [-0.1, -0.05) is 12.1 Å². The summed E-state index contributed by atoms with van der Waals surface area (Å²) in [7, 11) is 2.96. The molecule has 2 amide bonds. The number of ether oxygens (including phenoxy) is 2. The molecule has 0 radical (unpaired) electrons. The van der Waals surface area contributed by atoms with Gasteiger partial charge < -0.3 is 25.2 Å². The first-order chi connectivity index (χ1) is 13.4. The number of benzene rings is 2. The zero-order valence-electron chi connectivity index (χ0n) is 15.7. The first kappa shape index (κ1) is 20.8. The number of hydrogen-bond acceptors (Lipinski definition) is 5. The Morgan fingerprint density at radius 2 is 1.75 bits per heavy atom. The molecule has 0 saturated carbocycles. The molecule has 148 valence electrons. The predicted molar refractivity (Wildman–Crippen MR) is 102 cm³/mol. The number of carbonyl (C=O) groups is 3. The molecule has 0 aliphatic rings. The van der Waals surface area contributed by atoms with Gasteiger partial charge in [0.25, 0.3) is 5.91 Å². The van der Waals surface area contributed by atoms with Crippen molar-refractivity contribution in [2.75, 3.05) is 27.3 Å². The summed E-state index contributed by atoms with van der Waals surface area (Å²) in [6.45, 7) is 0.155. The molecule has 0 saturated heterocycles. The van der Waals surface area contributed by atoms with Gasteiger partial charge in [0.1, 0.15) is 11.5 Å². The van der Waals surface area contributed by atoms with E-state index < -0.39 is 5.97 Å². The molecule has 0 aromatic heterocycles. The second kappa shape index (κ2) is 9.96. The zero-order chi connectivity index (χ0) is 20.5. The number of aromatic carboxylic acids is 1. The Hall–Kier alpha value is -3.55. The van der Waals surface area contributed by atoms with E-state index in [1.807, 2.05) is 0 Å². The van der Waals surface area contributed by atoms with E-state index in [-0.39, 0.29) is 23.9 Å². The highest BCUT2D eigenvalue weighted by atomic mass is 16.5. The van der Waals surface area contributed by atoms with Gasteiger partial charge >= 0.3 is 5.97 Å². The molecule has 8 heteroatoms. The van der Waals surface area contributed by atoms with Gasteiger partial charge in [0, 0.05) is 12.1 Å². The summed E-state index contributed by atoms with van der Waals surface area (Å²) in [5.41, 5.74) is 1.30. The molecule has 2 aromatic rings. The lowest BCUT2D eigenvalue weighted by Gasteiger charge is -2.11. The Balaban J connectivity index is 1.81. The number of carboxylic acid groups (broad SMARTS) is 1. The van der Waals surface area contributed by atoms with Crippen molar-refractivity contribution < 1.29 is 29.0 Å². The minimum atomic E-state index is -1.04. The Kier molecular flexibility index (Phi) is 7.38. The van der Waals surface area contributed by atoms with Crippen LogP contribution < -0.4 is 20.1 Å². The van der Waals surface area contributed by atoms with E-state index in [0.29, 0.717) is 30.0 Å². The lowest BCUT2D eigenvalue weighted by Crippen LogP contribution is -2.37. The van der Waals surface area contributed by atoms with Crippen LogP contribution >= 0.6 is 0 Å². The molecule has 0 spiro atoms. The third kappa shape index (κ3) is 5.73. The van der Waals surface area contributed by atoms with Crippen LogP contribution in [-0.2, 0) is 11.2 Å².